The summed E-state index contributed by atoms with van der Waals surface area (Å²) in [5.41, 5.74) is 0.0279. The Morgan fingerprint density at radius 3 is 2.79 bits per heavy atom. The van der Waals surface area contributed by atoms with Gasteiger partial charge in [0.05, 0.1) is 11.0 Å². The van der Waals surface area contributed by atoms with Crippen molar-refractivity contribution < 1.29 is 9.66 Å². The smallest absolute Gasteiger partial charge is 0.311 e. The van der Waals surface area contributed by atoms with Crippen molar-refractivity contribution in [1.82, 2.24) is 0 Å². The van der Waals surface area contributed by atoms with E-state index >= 15 is 0 Å². The average molecular weight is 258 g/mol. The predicted octanol–water partition coefficient (Wildman–Crippen LogP) is 2.90. The minimum atomic E-state index is -0.426. The molecule has 4 nitrogen and oxygen atoms in total. The molecule has 0 aromatic heterocycles. The van der Waals surface area contributed by atoms with Gasteiger partial charge in [0.25, 0.3) is 0 Å². The molecule has 0 unspecified atom stereocenters. The zero-order chi connectivity index (χ0) is 10.1. The highest BCUT2D eigenvalue weighted by atomic mass is 79.9. The molecule has 0 spiro atoms. The second-order valence-corrected chi connectivity index (χ2v) is 4.10. The highest BCUT2D eigenvalue weighted by Gasteiger charge is 2.27. The van der Waals surface area contributed by atoms with Crippen LogP contribution in [0.25, 0.3) is 0 Å². The van der Waals surface area contributed by atoms with E-state index in [2.05, 4.69) is 15.9 Å². The summed E-state index contributed by atoms with van der Waals surface area (Å²) in [5, 5.41) is 10.6. The largest absolute Gasteiger partial charge is 0.483 e. The Morgan fingerprint density at radius 1 is 1.50 bits per heavy atom. The predicted molar refractivity (Wildman–Crippen MR) is 54.4 cm³/mol. The zero-order valence-electron chi connectivity index (χ0n) is 7.27. The molecular weight excluding hydrogens is 250 g/mol. The molecule has 1 aromatic rings. The Bertz CT molecular complexity index is 376. The molecule has 74 valence electrons. The van der Waals surface area contributed by atoms with E-state index in [9.17, 15) is 10.1 Å². The van der Waals surface area contributed by atoms with Gasteiger partial charge in [-0.25, -0.2) is 0 Å². The second-order valence-electron chi connectivity index (χ2n) is 3.19. The molecule has 0 bridgehead atoms. The van der Waals surface area contributed by atoms with E-state index in [0.29, 0.717) is 5.75 Å². The summed E-state index contributed by atoms with van der Waals surface area (Å²) in [5.74, 6) is 0.354. The Morgan fingerprint density at radius 2 is 2.21 bits per heavy atom. The SMILES string of the molecule is O=[N+]([O-])c1ccc(Br)cc1OC1CC1. The first-order valence-corrected chi connectivity index (χ1v) is 5.07. The van der Waals surface area contributed by atoms with E-state index in [1.54, 1.807) is 12.1 Å². The zero-order valence-corrected chi connectivity index (χ0v) is 8.86. The van der Waals surface area contributed by atoms with Crippen LogP contribution in [0.1, 0.15) is 12.8 Å². The quantitative estimate of drug-likeness (QED) is 0.618. The normalized spacial score (nSPS) is 15.2. The van der Waals surface area contributed by atoms with Crippen LogP contribution in [0.2, 0.25) is 0 Å². The van der Waals surface area contributed by atoms with Crippen LogP contribution in [-0.4, -0.2) is 11.0 Å². The summed E-state index contributed by atoms with van der Waals surface area (Å²) in [6.07, 6.45) is 2.15. The van der Waals surface area contributed by atoms with Gasteiger partial charge in [-0.05, 0) is 18.9 Å². The van der Waals surface area contributed by atoms with Crippen LogP contribution < -0.4 is 4.74 Å². The fourth-order valence-electron chi connectivity index (χ4n) is 1.10. The third-order valence-corrected chi connectivity index (χ3v) is 2.43. The van der Waals surface area contributed by atoms with Gasteiger partial charge in [-0.15, -0.1) is 0 Å². The van der Waals surface area contributed by atoms with Crippen molar-refractivity contribution in [2.24, 2.45) is 0 Å². The molecule has 0 atom stereocenters. The minimum absolute atomic E-state index is 0.0279. The van der Waals surface area contributed by atoms with Gasteiger partial charge in [0.2, 0.25) is 0 Å². The van der Waals surface area contributed by atoms with Crippen molar-refractivity contribution in [2.75, 3.05) is 0 Å². The van der Waals surface area contributed by atoms with Gasteiger partial charge in [0, 0.05) is 16.6 Å². The van der Waals surface area contributed by atoms with Crippen LogP contribution in [0.15, 0.2) is 22.7 Å². The van der Waals surface area contributed by atoms with E-state index < -0.39 is 4.92 Å². The highest BCUT2D eigenvalue weighted by molar-refractivity contribution is 9.10. The molecule has 0 saturated heterocycles. The number of hydrogen-bond donors (Lipinski definition) is 0. The molecule has 0 heterocycles. The van der Waals surface area contributed by atoms with Crippen molar-refractivity contribution in [3.05, 3.63) is 32.8 Å². The fraction of sp³-hybridized carbons (Fsp3) is 0.333. The first-order valence-electron chi connectivity index (χ1n) is 4.27. The van der Waals surface area contributed by atoms with Crippen LogP contribution in [0.4, 0.5) is 5.69 Å². The molecule has 0 N–H and O–H groups in total. The standard InChI is InChI=1S/C9H8BrNO3/c10-6-1-4-8(11(12)13)9(5-6)14-7-2-3-7/h1,4-5,7H,2-3H2. The first kappa shape index (κ1) is 9.45. The van der Waals surface area contributed by atoms with Gasteiger partial charge in [-0.3, -0.25) is 10.1 Å². The summed E-state index contributed by atoms with van der Waals surface area (Å²) >= 11 is 3.25. The van der Waals surface area contributed by atoms with Crippen molar-refractivity contribution in [2.45, 2.75) is 18.9 Å². The lowest BCUT2D eigenvalue weighted by molar-refractivity contribution is -0.386. The highest BCUT2D eigenvalue weighted by Crippen LogP contribution is 2.35. The summed E-state index contributed by atoms with van der Waals surface area (Å²) < 4.78 is 6.22. The van der Waals surface area contributed by atoms with Gasteiger partial charge >= 0.3 is 5.69 Å². The van der Waals surface area contributed by atoms with Crippen LogP contribution in [-0.2, 0) is 0 Å². The number of nitrogens with zero attached hydrogens (tertiary/aromatic N) is 1. The lowest BCUT2D eigenvalue weighted by atomic mass is 10.3. The molecule has 1 aliphatic rings. The van der Waals surface area contributed by atoms with Gasteiger partial charge in [-0.2, -0.15) is 0 Å². The average Bonchev–Trinajstić information content (AvgIpc) is 2.87. The van der Waals surface area contributed by atoms with Crippen molar-refractivity contribution in [1.29, 1.82) is 0 Å². The molecule has 2 rings (SSSR count). The molecule has 0 aliphatic heterocycles. The third kappa shape index (κ3) is 2.04. The van der Waals surface area contributed by atoms with E-state index in [0.717, 1.165) is 17.3 Å². The molecule has 1 fully saturated rings. The van der Waals surface area contributed by atoms with Crippen molar-refractivity contribution in [3.8, 4) is 5.75 Å². The molecule has 14 heavy (non-hydrogen) atoms. The molecule has 1 aliphatic carbocycles. The third-order valence-electron chi connectivity index (χ3n) is 1.94. The van der Waals surface area contributed by atoms with Crippen LogP contribution in [0.3, 0.4) is 0 Å². The molecule has 1 saturated carbocycles. The van der Waals surface area contributed by atoms with Gasteiger partial charge in [0.15, 0.2) is 5.75 Å². The summed E-state index contributed by atoms with van der Waals surface area (Å²) in [6.45, 7) is 0. The number of rotatable bonds is 3. The number of ether oxygens (including phenoxy) is 1. The maximum absolute atomic E-state index is 10.6. The summed E-state index contributed by atoms with van der Waals surface area (Å²) in [7, 11) is 0. The van der Waals surface area contributed by atoms with Gasteiger partial charge in [0.1, 0.15) is 0 Å². The number of hydrogen-bond acceptors (Lipinski definition) is 3. The lowest BCUT2D eigenvalue weighted by Gasteiger charge is -2.04. The summed E-state index contributed by atoms with van der Waals surface area (Å²) in [6, 6.07) is 4.72. The fourth-order valence-corrected chi connectivity index (χ4v) is 1.44. The van der Waals surface area contributed by atoms with Crippen LogP contribution >= 0.6 is 15.9 Å². The van der Waals surface area contributed by atoms with Gasteiger partial charge in [-0.1, -0.05) is 15.9 Å². The van der Waals surface area contributed by atoms with Crippen LogP contribution in [0.5, 0.6) is 5.75 Å². The minimum Gasteiger partial charge on any atom is -0.483 e. The van der Waals surface area contributed by atoms with Gasteiger partial charge < -0.3 is 4.74 Å². The summed E-state index contributed by atoms with van der Waals surface area (Å²) in [4.78, 5) is 10.2. The number of halogens is 1. The Balaban J connectivity index is 2.31. The molecular formula is C9H8BrNO3. The topological polar surface area (TPSA) is 52.4 Å². The Kier molecular flexibility index (Phi) is 2.41. The maximum Gasteiger partial charge on any atom is 0.311 e. The number of nitro benzene ring substituents is 1. The van der Waals surface area contributed by atoms with E-state index in [-0.39, 0.29) is 11.8 Å². The molecule has 0 radical (unpaired) electrons. The second kappa shape index (κ2) is 3.57. The lowest BCUT2D eigenvalue weighted by Crippen LogP contribution is -1.99. The monoisotopic (exact) mass is 257 g/mol. The van der Waals surface area contributed by atoms with E-state index in [1.807, 2.05) is 0 Å². The first-order chi connectivity index (χ1) is 6.66. The number of benzene rings is 1. The molecule has 5 heteroatoms. The molecule has 1 aromatic carbocycles. The Labute approximate surface area is 89.2 Å². The van der Waals surface area contributed by atoms with Crippen molar-refractivity contribution >= 4 is 21.6 Å². The van der Waals surface area contributed by atoms with Crippen LogP contribution in [0, 0.1) is 10.1 Å². The maximum atomic E-state index is 10.6. The molecule has 0 amide bonds. The Hall–Kier alpha value is -1.10. The van der Waals surface area contributed by atoms with E-state index in [1.165, 1.54) is 6.07 Å². The number of nitro groups is 1. The van der Waals surface area contributed by atoms with E-state index in [4.69, 9.17) is 4.74 Å². The van der Waals surface area contributed by atoms with Crippen molar-refractivity contribution in [3.63, 3.8) is 0 Å².